The van der Waals surface area contributed by atoms with Crippen LogP contribution in [0.15, 0.2) is 4.99 Å². The van der Waals surface area contributed by atoms with Crippen LogP contribution < -0.4 is 0 Å². The van der Waals surface area contributed by atoms with Gasteiger partial charge < -0.3 is 14.3 Å². The third-order valence-electron chi connectivity index (χ3n) is 4.01. The molecule has 0 saturated carbocycles. The molecule has 0 aliphatic heterocycles. The molecule has 0 fully saturated rings. The lowest BCUT2D eigenvalue weighted by Crippen LogP contribution is -2.41. The van der Waals surface area contributed by atoms with Gasteiger partial charge in [0.05, 0.1) is 6.61 Å². The zero-order chi connectivity index (χ0) is 18.3. The average Bonchev–Trinajstić information content (AvgIpc) is 2.34. The summed E-state index contributed by atoms with van der Waals surface area (Å²) in [5, 5.41) is 9.58. The molecule has 0 aliphatic carbocycles. The first-order valence-electron chi connectivity index (χ1n) is 8.30. The molecule has 136 valence electrons. The number of carbonyl (C=O) groups excluding carboxylic acids is 1. The van der Waals surface area contributed by atoms with Crippen LogP contribution >= 0.6 is 0 Å². The van der Waals surface area contributed by atoms with Gasteiger partial charge in [-0.15, -0.1) is 0 Å². The van der Waals surface area contributed by atoms with Crippen molar-refractivity contribution < 1.29 is 19.1 Å². The number of aliphatic hydroxyl groups excluding tert-OH is 1. The number of nitrogens with zero attached hydrogens (tertiary/aromatic N) is 1. The van der Waals surface area contributed by atoms with E-state index in [0.29, 0.717) is 6.61 Å². The molecule has 0 bridgehead atoms. The van der Waals surface area contributed by atoms with E-state index < -0.39 is 20.0 Å². The van der Waals surface area contributed by atoms with Crippen molar-refractivity contribution in [3.05, 3.63) is 0 Å². The summed E-state index contributed by atoms with van der Waals surface area (Å²) >= 11 is 0. The first-order valence-corrected chi connectivity index (χ1v) is 11.2. The van der Waals surface area contributed by atoms with Crippen LogP contribution in [-0.4, -0.2) is 44.5 Å². The van der Waals surface area contributed by atoms with Gasteiger partial charge in [-0.25, -0.2) is 4.79 Å². The van der Waals surface area contributed by atoms with E-state index in [-0.39, 0.29) is 17.6 Å². The van der Waals surface area contributed by atoms with Crippen molar-refractivity contribution in [3.63, 3.8) is 0 Å². The number of aliphatic hydroxyl groups is 1. The van der Waals surface area contributed by atoms with E-state index in [0.717, 1.165) is 12.8 Å². The Morgan fingerprint density at radius 3 is 2.22 bits per heavy atom. The summed E-state index contributed by atoms with van der Waals surface area (Å²) < 4.78 is 11.2. The quantitative estimate of drug-likeness (QED) is 0.422. The molecule has 1 unspecified atom stereocenters. The van der Waals surface area contributed by atoms with Crippen molar-refractivity contribution in [3.8, 4) is 0 Å². The summed E-state index contributed by atoms with van der Waals surface area (Å²) in [6, 6.07) is 0. The van der Waals surface area contributed by atoms with Gasteiger partial charge in [0.15, 0.2) is 8.32 Å². The van der Waals surface area contributed by atoms with Crippen molar-refractivity contribution in [1.29, 1.82) is 0 Å². The highest BCUT2D eigenvalue weighted by molar-refractivity contribution is 6.74. The van der Waals surface area contributed by atoms with Crippen molar-refractivity contribution in [1.82, 2.24) is 0 Å². The summed E-state index contributed by atoms with van der Waals surface area (Å²) in [6.07, 6.45) is 2.43. The summed E-state index contributed by atoms with van der Waals surface area (Å²) in [5.74, 6) is -0.148. The third-order valence-corrected chi connectivity index (χ3v) is 8.55. The lowest BCUT2D eigenvalue weighted by molar-refractivity contribution is 0.0604. The predicted molar refractivity (Wildman–Crippen MR) is 97.7 cm³/mol. The maximum atomic E-state index is 11.5. The topological polar surface area (TPSA) is 68.1 Å². The Morgan fingerprint density at radius 2 is 1.78 bits per heavy atom. The zero-order valence-electron chi connectivity index (χ0n) is 16.1. The lowest BCUT2D eigenvalue weighted by atomic mass is 10.1. The molecule has 0 spiro atoms. The average molecular weight is 346 g/mol. The van der Waals surface area contributed by atoms with E-state index in [9.17, 15) is 9.90 Å². The number of ether oxygens (including phenoxy) is 1. The Morgan fingerprint density at radius 1 is 1.22 bits per heavy atom. The van der Waals surface area contributed by atoms with Crippen LogP contribution in [0.3, 0.4) is 0 Å². The number of hydrogen-bond acceptors (Lipinski definition) is 4. The largest absolute Gasteiger partial charge is 0.442 e. The molecule has 0 aromatic heterocycles. The second-order valence-electron chi connectivity index (χ2n) is 8.45. The van der Waals surface area contributed by atoms with Crippen LogP contribution in [0.25, 0.3) is 0 Å². The molecule has 0 heterocycles. The van der Waals surface area contributed by atoms with Crippen LogP contribution in [0.1, 0.15) is 54.4 Å². The summed E-state index contributed by atoms with van der Waals surface area (Å²) in [4.78, 5) is 15.3. The fourth-order valence-corrected chi connectivity index (χ4v) is 2.64. The Hall–Kier alpha value is -0.723. The normalized spacial score (nSPS) is 15.0. The molecule has 0 saturated heterocycles. The molecule has 1 N–H and O–H groups in total. The molecule has 0 aliphatic rings. The molecular formula is C17H35NO4Si. The van der Waals surface area contributed by atoms with Gasteiger partial charge in [0.25, 0.3) is 0 Å². The van der Waals surface area contributed by atoms with Gasteiger partial charge >= 0.3 is 6.09 Å². The Balaban J connectivity index is 4.25. The van der Waals surface area contributed by atoms with Crippen LogP contribution in [0.4, 0.5) is 4.79 Å². The molecular weight excluding hydrogens is 310 g/mol. The SMILES string of the molecule is CC(C)(C)OC(=O)N=CC(CO)CCCO[Si](C)(C)C(C)(C)C. The number of hydrogen-bond donors (Lipinski definition) is 1. The lowest BCUT2D eigenvalue weighted by Gasteiger charge is -2.36. The van der Waals surface area contributed by atoms with Gasteiger partial charge in [0, 0.05) is 18.7 Å². The van der Waals surface area contributed by atoms with Gasteiger partial charge in [-0.1, -0.05) is 20.8 Å². The molecule has 1 amide bonds. The van der Waals surface area contributed by atoms with E-state index in [4.69, 9.17) is 9.16 Å². The maximum Gasteiger partial charge on any atom is 0.433 e. The van der Waals surface area contributed by atoms with Crippen LogP contribution in [0.2, 0.25) is 18.1 Å². The minimum Gasteiger partial charge on any atom is -0.442 e. The summed E-state index contributed by atoms with van der Waals surface area (Å²) in [7, 11) is -1.72. The molecule has 0 aromatic carbocycles. The van der Waals surface area contributed by atoms with Gasteiger partial charge in [-0.05, 0) is 51.7 Å². The Kier molecular flexibility index (Phi) is 8.66. The van der Waals surface area contributed by atoms with Crippen molar-refractivity contribution in [2.24, 2.45) is 10.9 Å². The van der Waals surface area contributed by atoms with E-state index >= 15 is 0 Å². The minimum absolute atomic E-state index is 0.0353. The Labute approximate surface area is 142 Å². The zero-order valence-corrected chi connectivity index (χ0v) is 17.1. The second kappa shape index (κ2) is 8.94. The standard InChI is InChI=1S/C17H35NO4Si/c1-16(2,3)22-15(20)18-12-14(13-19)10-9-11-21-23(7,8)17(4,5)6/h12,14,19H,9-11,13H2,1-8H3. The maximum absolute atomic E-state index is 11.5. The number of rotatable bonds is 7. The highest BCUT2D eigenvalue weighted by Gasteiger charge is 2.36. The van der Waals surface area contributed by atoms with Crippen LogP contribution in [0.5, 0.6) is 0 Å². The van der Waals surface area contributed by atoms with E-state index in [2.05, 4.69) is 38.9 Å². The minimum atomic E-state index is -1.72. The molecule has 1 atom stereocenters. The van der Waals surface area contributed by atoms with Crippen molar-refractivity contribution >= 4 is 20.6 Å². The summed E-state index contributed by atoms with van der Waals surface area (Å²) in [5.41, 5.74) is -0.555. The van der Waals surface area contributed by atoms with Crippen LogP contribution in [0, 0.1) is 5.92 Å². The van der Waals surface area contributed by atoms with Gasteiger partial charge in [0.2, 0.25) is 0 Å². The van der Waals surface area contributed by atoms with Crippen molar-refractivity contribution in [2.75, 3.05) is 13.2 Å². The number of carbonyl (C=O) groups is 1. The molecule has 0 rings (SSSR count). The van der Waals surface area contributed by atoms with E-state index in [1.165, 1.54) is 6.21 Å². The van der Waals surface area contributed by atoms with Gasteiger partial charge in [0.1, 0.15) is 5.60 Å². The fraction of sp³-hybridized carbons (Fsp3) is 0.882. The fourth-order valence-electron chi connectivity index (χ4n) is 1.56. The molecule has 0 aromatic rings. The van der Waals surface area contributed by atoms with E-state index in [1.54, 1.807) is 20.8 Å². The second-order valence-corrected chi connectivity index (χ2v) is 13.3. The molecule has 6 heteroatoms. The monoisotopic (exact) mass is 345 g/mol. The Bertz CT molecular complexity index is 394. The third kappa shape index (κ3) is 9.89. The first-order chi connectivity index (χ1) is 10.3. The first kappa shape index (κ1) is 22.3. The highest BCUT2D eigenvalue weighted by Crippen LogP contribution is 2.36. The summed E-state index contributed by atoms with van der Waals surface area (Å²) in [6.45, 7) is 17.1. The number of aliphatic imine (C=N–C) groups is 1. The molecule has 0 radical (unpaired) electrons. The van der Waals surface area contributed by atoms with Gasteiger partial charge in [-0.3, -0.25) is 0 Å². The van der Waals surface area contributed by atoms with Crippen LogP contribution in [-0.2, 0) is 9.16 Å². The van der Waals surface area contributed by atoms with E-state index in [1.807, 2.05) is 0 Å². The number of amides is 1. The molecule has 5 nitrogen and oxygen atoms in total. The highest BCUT2D eigenvalue weighted by atomic mass is 28.4. The smallest absolute Gasteiger partial charge is 0.433 e. The van der Waals surface area contributed by atoms with Gasteiger partial charge in [-0.2, -0.15) is 4.99 Å². The van der Waals surface area contributed by atoms with Crippen molar-refractivity contribution in [2.45, 2.75) is 78.1 Å². The predicted octanol–water partition coefficient (Wildman–Crippen LogP) is 4.40. The molecule has 23 heavy (non-hydrogen) atoms.